The lowest BCUT2D eigenvalue weighted by Crippen LogP contribution is -2.49. The molecule has 9 nitrogen and oxygen atoms in total. The molecule has 2 aromatic heterocycles. The van der Waals surface area contributed by atoms with Gasteiger partial charge in [-0.15, -0.1) is 0 Å². The van der Waals surface area contributed by atoms with Crippen LogP contribution in [0.4, 0.5) is 14.7 Å². The van der Waals surface area contributed by atoms with Gasteiger partial charge in [0, 0.05) is 37.3 Å². The van der Waals surface area contributed by atoms with Gasteiger partial charge in [0.2, 0.25) is 11.9 Å². The van der Waals surface area contributed by atoms with Crippen LogP contribution in [0.2, 0.25) is 5.15 Å². The van der Waals surface area contributed by atoms with Crippen LogP contribution in [0, 0.1) is 0 Å². The highest BCUT2D eigenvalue weighted by atomic mass is 35.5. The summed E-state index contributed by atoms with van der Waals surface area (Å²) in [5.41, 5.74) is 7.44. The number of anilines is 1. The Morgan fingerprint density at radius 2 is 2.00 bits per heavy atom. The average molecular weight is 492 g/mol. The van der Waals surface area contributed by atoms with E-state index in [9.17, 15) is 13.6 Å². The fourth-order valence-electron chi connectivity index (χ4n) is 3.76. The van der Waals surface area contributed by atoms with Gasteiger partial charge in [-0.3, -0.25) is 9.69 Å². The topological polar surface area (TPSA) is 102 Å². The van der Waals surface area contributed by atoms with E-state index in [1.54, 1.807) is 11.0 Å². The highest BCUT2D eigenvalue weighted by Gasteiger charge is 2.22. The Balaban J connectivity index is 1.53. The highest BCUT2D eigenvalue weighted by molar-refractivity contribution is 6.29. The van der Waals surface area contributed by atoms with E-state index in [1.165, 1.54) is 12.3 Å². The molecule has 34 heavy (non-hydrogen) atoms. The lowest BCUT2D eigenvalue weighted by atomic mass is 10.0. The minimum Gasteiger partial charge on any atom is -0.491 e. The zero-order valence-electron chi connectivity index (χ0n) is 18.5. The largest absolute Gasteiger partial charge is 0.491 e. The molecule has 1 amide bonds. The van der Waals surface area contributed by atoms with Crippen LogP contribution in [0.25, 0.3) is 11.4 Å². The Hall–Kier alpha value is -3.31. The first-order valence-electron chi connectivity index (χ1n) is 10.6. The zero-order chi connectivity index (χ0) is 24.2. The summed E-state index contributed by atoms with van der Waals surface area (Å²) in [4.78, 5) is 23.8. The summed E-state index contributed by atoms with van der Waals surface area (Å²) in [5.74, 6) is 0.583. The number of hydrogen-bond donors (Lipinski definition) is 1. The van der Waals surface area contributed by atoms with Crippen LogP contribution in [0.1, 0.15) is 17.7 Å². The lowest BCUT2D eigenvalue weighted by Gasteiger charge is -2.32. The van der Waals surface area contributed by atoms with Crippen LogP contribution >= 0.6 is 11.6 Å². The normalized spacial score (nSPS) is 14.7. The number of likely N-dealkylation sites (N-methyl/N-ethyl adjacent to an activating group) is 1. The Morgan fingerprint density at radius 3 is 2.74 bits per heavy atom. The van der Waals surface area contributed by atoms with Crippen LogP contribution in [0.5, 0.6) is 5.75 Å². The van der Waals surface area contributed by atoms with Gasteiger partial charge in [0.05, 0.1) is 18.8 Å². The number of rotatable bonds is 8. The molecular formula is C22H24ClF2N7O2. The van der Waals surface area contributed by atoms with Crippen molar-refractivity contribution < 1.29 is 18.3 Å². The maximum Gasteiger partial charge on any atom is 0.333 e. The molecule has 12 heteroatoms. The fraction of sp³-hybridized carbons (Fsp3) is 0.364. The first-order chi connectivity index (χ1) is 16.3. The number of nitrogens with two attached hydrogens (primary N) is 1. The number of alkyl halides is 2. The molecule has 4 rings (SSSR count). The average Bonchev–Trinajstić information content (AvgIpc) is 3.20. The van der Waals surface area contributed by atoms with Gasteiger partial charge in [-0.05, 0) is 18.7 Å². The van der Waals surface area contributed by atoms with Crippen LogP contribution < -0.4 is 10.5 Å². The van der Waals surface area contributed by atoms with Crippen molar-refractivity contribution in [3.63, 3.8) is 0 Å². The van der Waals surface area contributed by atoms with Crippen molar-refractivity contribution >= 4 is 23.5 Å². The van der Waals surface area contributed by atoms with Crippen molar-refractivity contribution in [1.82, 2.24) is 29.5 Å². The maximum absolute atomic E-state index is 13.4. The Labute approximate surface area is 200 Å². The number of para-hydroxylation sites is 1. The maximum atomic E-state index is 13.4. The summed E-state index contributed by atoms with van der Waals surface area (Å²) in [5, 5.41) is 4.08. The third-order valence-corrected chi connectivity index (χ3v) is 5.64. The summed E-state index contributed by atoms with van der Waals surface area (Å²) < 4.78 is 33.4. The Morgan fingerprint density at radius 1 is 1.21 bits per heavy atom. The molecule has 0 unspecified atom stereocenters. The second kappa shape index (κ2) is 10.3. The van der Waals surface area contributed by atoms with Gasteiger partial charge >= 0.3 is 6.55 Å². The predicted molar refractivity (Wildman–Crippen MR) is 123 cm³/mol. The van der Waals surface area contributed by atoms with Gasteiger partial charge in [-0.25, -0.2) is 14.6 Å². The number of nitrogen functional groups attached to an aromatic ring is 1. The Bertz CT molecular complexity index is 1150. The Kier molecular flexibility index (Phi) is 7.23. The summed E-state index contributed by atoms with van der Waals surface area (Å²) in [6, 6.07) is 8.74. The number of benzene rings is 1. The molecule has 180 valence electrons. The van der Waals surface area contributed by atoms with Crippen molar-refractivity contribution in [3.8, 4) is 17.1 Å². The van der Waals surface area contributed by atoms with E-state index in [-0.39, 0.29) is 34.8 Å². The molecule has 0 saturated carbocycles. The van der Waals surface area contributed by atoms with E-state index < -0.39 is 6.55 Å². The van der Waals surface area contributed by atoms with E-state index in [0.29, 0.717) is 42.2 Å². The van der Waals surface area contributed by atoms with Gasteiger partial charge in [0.1, 0.15) is 23.2 Å². The minimum atomic E-state index is -2.82. The quantitative estimate of drug-likeness (QED) is 0.483. The number of piperazine rings is 1. The summed E-state index contributed by atoms with van der Waals surface area (Å²) in [6.45, 7) is -0.180. The summed E-state index contributed by atoms with van der Waals surface area (Å²) in [6.07, 6.45) is 1.53. The number of halogens is 3. The van der Waals surface area contributed by atoms with E-state index in [1.807, 2.05) is 30.1 Å². The molecule has 0 spiro atoms. The number of carbonyl (C=O) groups excluding carboxylic acids is 1. The lowest BCUT2D eigenvalue weighted by molar-refractivity contribution is -0.135. The standard InChI is InChI=1S/C22H24ClF2N7O2/c1-30-6-7-31(19(33)13-30)8-9-34-17-5-3-2-4-14(17)10-15-12-32(21(24)25)29-20(15)16-11-18(23)28-22(26)27-16/h2-5,11-12,21H,6-10,13H2,1H3,(H2,26,27,28). The number of amides is 1. The molecule has 0 atom stereocenters. The minimum absolute atomic E-state index is 0.0671. The molecule has 1 aromatic carbocycles. The van der Waals surface area contributed by atoms with E-state index in [4.69, 9.17) is 22.1 Å². The van der Waals surface area contributed by atoms with Gasteiger partial charge in [0.25, 0.3) is 0 Å². The third kappa shape index (κ3) is 5.60. The van der Waals surface area contributed by atoms with Crippen molar-refractivity contribution in [1.29, 1.82) is 0 Å². The predicted octanol–water partition coefficient (Wildman–Crippen LogP) is 2.71. The van der Waals surface area contributed by atoms with Gasteiger partial charge in [0.15, 0.2) is 0 Å². The van der Waals surface area contributed by atoms with Crippen molar-refractivity contribution in [2.24, 2.45) is 0 Å². The van der Waals surface area contributed by atoms with Crippen molar-refractivity contribution in [3.05, 3.63) is 52.8 Å². The van der Waals surface area contributed by atoms with Crippen LogP contribution in [0.3, 0.4) is 0 Å². The van der Waals surface area contributed by atoms with Crippen LogP contribution in [0.15, 0.2) is 36.5 Å². The van der Waals surface area contributed by atoms with E-state index >= 15 is 0 Å². The third-order valence-electron chi connectivity index (χ3n) is 5.44. The van der Waals surface area contributed by atoms with Gasteiger partial charge in [-0.2, -0.15) is 13.9 Å². The smallest absolute Gasteiger partial charge is 0.333 e. The number of carbonyl (C=O) groups is 1. The second-order valence-electron chi connectivity index (χ2n) is 7.95. The zero-order valence-corrected chi connectivity index (χ0v) is 19.3. The van der Waals surface area contributed by atoms with Crippen LogP contribution in [-0.2, 0) is 11.2 Å². The molecule has 1 saturated heterocycles. The first-order valence-corrected chi connectivity index (χ1v) is 11.0. The highest BCUT2D eigenvalue weighted by Crippen LogP contribution is 2.29. The van der Waals surface area contributed by atoms with E-state index in [0.717, 1.165) is 12.1 Å². The fourth-order valence-corrected chi connectivity index (χ4v) is 3.95. The molecule has 3 aromatic rings. The molecule has 1 aliphatic heterocycles. The molecule has 0 aliphatic carbocycles. The molecule has 1 aliphatic rings. The van der Waals surface area contributed by atoms with E-state index in [2.05, 4.69) is 15.1 Å². The van der Waals surface area contributed by atoms with Gasteiger partial charge in [-0.1, -0.05) is 29.8 Å². The second-order valence-corrected chi connectivity index (χ2v) is 8.33. The molecule has 0 radical (unpaired) electrons. The number of aromatic nitrogens is 4. The molecule has 3 heterocycles. The summed E-state index contributed by atoms with van der Waals surface area (Å²) >= 11 is 5.98. The molecule has 1 fully saturated rings. The van der Waals surface area contributed by atoms with Crippen molar-refractivity contribution in [2.75, 3.05) is 45.6 Å². The monoisotopic (exact) mass is 491 g/mol. The number of nitrogens with zero attached hydrogens (tertiary/aromatic N) is 6. The molecule has 2 N–H and O–H groups in total. The van der Waals surface area contributed by atoms with Gasteiger partial charge < -0.3 is 15.4 Å². The van der Waals surface area contributed by atoms with Crippen LogP contribution in [-0.4, -0.2) is 75.3 Å². The molecule has 0 bridgehead atoms. The number of ether oxygens (including phenoxy) is 1. The first kappa shape index (κ1) is 23.8. The summed E-state index contributed by atoms with van der Waals surface area (Å²) in [7, 11) is 1.91. The molecular weight excluding hydrogens is 468 g/mol. The SMILES string of the molecule is CN1CCN(CCOc2ccccc2Cc2cn(C(F)F)nc2-c2cc(Cl)nc(N)n2)C(=O)C1. The van der Waals surface area contributed by atoms with Crippen molar-refractivity contribution in [2.45, 2.75) is 13.0 Å². The number of hydrogen-bond acceptors (Lipinski definition) is 7.